The van der Waals surface area contributed by atoms with E-state index in [-0.39, 0.29) is 30.2 Å². The monoisotopic (exact) mass is 524 g/mol. The predicted octanol–water partition coefficient (Wildman–Crippen LogP) is 4.16. The van der Waals surface area contributed by atoms with Gasteiger partial charge in [-0.05, 0) is 42.5 Å². The second-order valence-corrected chi connectivity index (χ2v) is 10.4. The van der Waals surface area contributed by atoms with Gasteiger partial charge in [0.15, 0.2) is 0 Å². The molecule has 1 atom stereocenters. The standard InChI is InChI=1S/C32H36N4O3/c1-2-28(26-14-8-4-9-15-26)30(38)34-20-18-32(19-21-34)31(39)35(24-36(32)27-16-10-5-11-17-27)23-29(37)33-22-25-12-6-3-7-13-25/h3-17,28H,2,18-24H2,1H3,(H,33,37)/t28-/m0/s1. The van der Waals surface area contributed by atoms with Gasteiger partial charge >= 0.3 is 0 Å². The molecule has 2 aliphatic heterocycles. The van der Waals surface area contributed by atoms with Crippen LogP contribution in [0, 0.1) is 0 Å². The van der Waals surface area contributed by atoms with Crippen LogP contribution >= 0.6 is 0 Å². The van der Waals surface area contributed by atoms with Gasteiger partial charge < -0.3 is 20.0 Å². The van der Waals surface area contributed by atoms with Gasteiger partial charge in [0, 0.05) is 25.3 Å². The van der Waals surface area contributed by atoms with E-state index in [0.29, 0.717) is 39.1 Å². The van der Waals surface area contributed by atoms with Crippen molar-refractivity contribution in [2.45, 2.75) is 44.2 Å². The normalized spacial score (nSPS) is 17.4. The summed E-state index contributed by atoms with van der Waals surface area (Å²) in [5.74, 6) is -0.288. The third kappa shape index (κ3) is 5.53. The molecule has 2 heterocycles. The molecular weight excluding hydrogens is 488 g/mol. The highest BCUT2D eigenvalue weighted by molar-refractivity contribution is 5.96. The van der Waals surface area contributed by atoms with Crippen molar-refractivity contribution in [1.82, 2.24) is 15.1 Å². The molecule has 2 aliphatic rings. The number of para-hydroxylation sites is 1. The Kier molecular flexibility index (Phi) is 7.96. The predicted molar refractivity (Wildman–Crippen MR) is 152 cm³/mol. The maximum absolute atomic E-state index is 14.0. The van der Waals surface area contributed by atoms with Crippen molar-refractivity contribution < 1.29 is 14.4 Å². The molecule has 1 spiro atoms. The highest BCUT2D eigenvalue weighted by atomic mass is 16.2. The Hall–Kier alpha value is -4.13. The van der Waals surface area contributed by atoms with Crippen LogP contribution in [-0.4, -0.2) is 59.4 Å². The largest absolute Gasteiger partial charge is 0.350 e. The minimum Gasteiger partial charge on any atom is -0.350 e. The van der Waals surface area contributed by atoms with E-state index in [1.807, 2.05) is 103 Å². The lowest BCUT2D eigenvalue weighted by Gasteiger charge is -2.44. The highest BCUT2D eigenvalue weighted by Gasteiger charge is 2.54. The maximum Gasteiger partial charge on any atom is 0.250 e. The molecule has 5 rings (SSSR count). The van der Waals surface area contributed by atoms with Crippen molar-refractivity contribution in [3.8, 4) is 0 Å². The highest BCUT2D eigenvalue weighted by Crippen LogP contribution is 2.40. The average Bonchev–Trinajstić information content (AvgIpc) is 3.24. The Morgan fingerprint density at radius 1 is 0.872 bits per heavy atom. The molecule has 3 amide bonds. The Bertz CT molecular complexity index is 1270. The van der Waals surface area contributed by atoms with Crippen molar-refractivity contribution in [2.75, 3.05) is 31.2 Å². The van der Waals surface area contributed by atoms with Gasteiger partial charge in [-0.25, -0.2) is 0 Å². The molecule has 0 aromatic heterocycles. The fraction of sp³-hybridized carbons (Fsp3) is 0.344. The van der Waals surface area contributed by atoms with Crippen molar-refractivity contribution in [3.05, 3.63) is 102 Å². The zero-order valence-corrected chi connectivity index (χ0v) is 22.5. The fourth-order valence-electron chi connectivity index (χ4n) is 5.90. The molecule has 0 unspecified atom stereocenters. The zero-order chi connectivity index (χ0) is 27.2. The van der Waals surface area contributed by atoms with Gasteiger partial charge in [0.2, 0.25) is 11.8 Å². The van der Waals surface area contributed by atoms with Crippen molar-refractivity contribution in [1.29, 1.82) is 0 Å². The number of benzene rings is 3. The Labute approximate surface area is 230 Å². The van der Waals surface area contributed by atoms with Crippen LogP contribution in [0.3, 0.4) is 0 Å². The molecule has 1 N–H and O–H groups in total. The lowest BCUT2D eigenvalue weighted by atomic mass is 9.84. The first-order valence-electron chi connectivity index (χ1n) is 13.8. The first kappa shape index (κ1) is 26.5. The summed E-state index contributed by atoms with van der Waals surface area (Å²) in [4.78, 5) is 46.0. The summed E-state index contributed by atoms with van der Waals surface area (Å²) >= 11 is 0. The average molecular weight is 525 g/mol. The van der Waals surface area contributed by atoms with E-state index >= 15 is 0 Å². The minimum atomic E-state index is -0.772. The number of anilines is 1. The van der Waals surface area contributed by atoms with E-state index in [1.54, 1.807) is 4.90 Å². The minimum absolute atomic E-state index is 0.00527. The molecule has 2 saturated heterocycles. The molecule has 39 heavy (non-hydrogen) atoms. The smallest absolute Gasteiger partial charge is 0.250 e. The second kappa shape index (κ2) is 11.7. The lowest BCUT2D eigenvalue weighted by Crippen LogP contribution is -2.58. The summed E-state index contributed by atoms with van der Waals surface area (Å²) in [6, 6.07) is 29.6. The van der Waals surface area contributed by atoms with E-state index in [2.05, 4.69) is 10.2 Å². The van der Waals surface area contributed by atoms with E-state index in [4.69, 9.17) is 0 Å². The van der Waals surface area contributed by atoms with Gasteiger partial charge in [0.25, 0.3) is 5.91 Å². The molecule has 0 radical (unpaired) electrons. The number of rotatable bonds is 8. The Morgan fingerprint density at radius 3 is 2.08 bits per heavy atom. The van der Waals surface area contributed by atoms with Crippen molar-refractivity contribution in [3.63, 3.8) is 0 Å². The van der Waals surface area contributed by atoms with Crippen LogP contribution in [0.15, 0.2) is 91.0 Å². The molecule has 3 aromatic carbocycles. The first-order chi connectivity index (χ1) is 19.0. The number of nitrogens with one attached hydrogen (secondary N) is 1. The van der Waals surface area contributed by atoms with Gasteiger partial charge in [0.05, 0.1) is 12.6 Å². The van der Waals surface area contributed by atoms with Gasteiger partial charge in [-0.3, -0.25) is 14.4 Å². The van der Waals surface area contributed by atoms with Crippen molar-refractivity contribution >= 4 is 23.4 Å². The summed E-state index contributed by atoms with van der Waals surface area (Å²) in [5, 5.41) is 2.94. The second-order valence-electron chi connectivity index (χ2n) is 10.4. The van der Waals surface area contributed by atoms with E-state index < -0.39 is 5.54 Å². The number of hydrogen-bond acceptors (Lipinski definition) is 4. The Morgan fingerprint density at radius 2 is 1.46 bits per heavy atom. The van der Waals surface area contributed by atoms with Gasteiger partial charge in [-0.1, -0.05) is 85.8 Å². The van der Waals surface area contributed by atoms with E-state index in [0.717, 1.165) is 23.2 Å². The third-order valence-electron chi connectivity index (χ3n) is 8.06. The summed E-state index contributed by atoms with van der Waals surface area (Å²) in [6.45, 7) is 3.82. The zero-order valence-electron chi connectivity index (χ0n) is 22.5. The number of likely N-dealkylation sites (tertiary alicyclic amines) is 1. The van der Waals surface area contributed by atoms with E-state index in [9.17, 15) is 14.4 Å². The number of amides is 3. The molecular formula is C32H36N4O3. The number of carbonyl (C=O) groups is 3. The first-order valence-corrected chi connectivity index (χ1v) is 13.8. The van der Waals surface area contributed by atoms with Crippen LogP contribution in [-0.2, 0) is 20.9 Å². The summed E-state index contributed by atoms with van der Waals surface area (Å²) in [6.07, 6.45) is 1.78. The quantitative estimate of drug-likeness (QED) is 0.480. The molecule has 0 bridgehead atoms. The number of hydrogen-bond donors (Lipinski definition) is 1. The molecule has 7 nitrogen and oxygen atoms in total. The lowest BCUT2D eigenvalue weighted by molar-refractivity contribution is -0.140. The van der Waals surface area contributed by atoms with Crippen LogP contribution in [0.2, 0.25) is 0 Å². The number of nitrogens with zero attached hydrogens (tertiary/aromatic N) is 3. The molecule has 3 aromatic rings. The summed E-state index contributed by atoms with van der Waals surface area (Å²) < 4.78 is 0. The maximum atomic E-state index is 14.0. The van der Waals surface area contributed by atoms with Crippen LogP contribution in [0.4, 0.5) is 5.69 Å². The molecule has 7 heteroatoms. The fourth-order valence-corrected chi connectivity index (χ4v) is 5.90. The van der Waals surface area contributed by atoms with Crippen LogP contribution < -0.4 is 10.2 Å². The molecule has 202 valence electrons. The molecule has 0 aliphatic carbocycles. The third-order valence-corrected chi connectivity index (χ3v) is 8.06. The number of piperidine rings is 1. The molecule has 2 fully saturated rings. The summed E-state index contributed by atoms with van der Waals surface area (Å²) in [7, 11) is 0. The molecule has 0 saturated carbocycles. The van der Waals surface area contributed by atoms with Crippen LogP contribution in [0.25, 0.3) is 0 Å². The van der Waals surface area contributed by atoms with Crippen molar-refractivity contribution in [2.24, 2.45) is 0 Å². The summed E-state index contributed by atoms with van der Waals surface area (Å²) in [5.41, 5.74) is 2.22. The Balaban J connectivity index is 1.30. The van der Waals surface area contributed by atoms with E-state index in [1.165, 1.54) is 0 Å². The SMILES string of the molecule is CC[C@H](C(=O)N1CCC2(CC1)C(=O)N(CC(=O)NCc1ccccc1)CN2c1ccccc1)c1ccccc1. The van der Waals surface area contributed by atoms with Crippen LogP contribution in [0.1, 0.15) is 43.2 Å². The van der Waals surface area contributed by atoms with Gasteiger partial charge in [-0.15, -0.1) is 0 Å². The van der Waals surface area contributed by atoms with Crippen LogP contribution in [0.5, 0.6) is 0 Å². The van der Waals surface area contributed by atoms with Gasteiger partial charge in [0.1, 0.15) is 12.1 Å². The topological polar surface area (TPSA) is 73.0 Å². The van der Waals surface area contributed by atoms with Gasteiger partial charge in [-0.2, -0.15) is 0 Å². The number of carbonyl (C=O) groups excluding carboxylic acids is 3.